The number of thioether (sulfide) groups is 1. The predicted octanol–water partition coefficient (Wildman–Crippen LogP) is 3.77. The molecule has 2 aromatic rings. The van der Waals surface area contributed by atoms with Crippen LogP contribution in [0.15, 0.2) is 40.6 Å². The molecule has 0 aliphatic carbocycles. The van der Waals surface area contributed by atoms with Gasteiger partial charge in [0, 0.05) is 27.4 Å². The maximum absolute atomic E-state index is 12.2. The van der Waals surface area contributed by atoms with E-state index in [2.05, 4.69) is 5.32 Å². The first-order valence-electron chi connectivity index (χ1n) is 5.70. The van der Waals surface area contributed by atoms with Gasteiger partial charge in [0.15, 0.2) is 0 Å². The summed E-state index contributed by atoms with van der Waals surface area (Å²) in [6, 6.07) is 8.51. The maximum Gasteiger partial charge on any atom is 0.288 e. The molecule has 1 aromatic carbocycles. The van der Waals surface area contributed by atoms with Gasteiger partial charge in [-0.25, -0.2) is 0 Å². The molecule has 0 saturated heterocycles. The summed E-state index contributed by atoms with van der Waals surface area (Å²) in [5.74, 6) is -2.85. The second-order valence-electron chi connectivity index (χ2n) is 3.92. The van der Waals surface area contributed by atoms with Crippen LogP contribution in [-0.2, 0) is 6.54 Å². The van der Waals surface area contributed by atoms with Crippen LogP contribution in [0.2, 0.25) is 0 Å². The predicted molar refractivity (Wildman–Crippen MR) is 78.5 cm³/mol. The molecule has 3 nitrogen and oxygen atoms in total. The zero-order valence-electron chi connectivity index (χ0n) is 10.3. The summed E-state index contributed by atoms with van der Waals surface area (Å²) >= 11 is 1.96. The average molecular weight is 314 g/mol. The minimum absolute atomic E-state index is 0.444. The lowest BCUT2D eigenvalue weighted by Crippen LogP contribution is -2.09. The van der Waals surface area contributed by atoms with Gasteiger partial charge in [-0.1, -0.05) is 11.8 Å². The molecule has 20 heavy (non-hydrogen) atoms. The topological polar surface area (TPSA) is 55.1 Å². The SMILES string of the molecule is NC(=O)c1csc(CNc2ccc(SC(F)F)cc2)c1. The van der Waals surface area contributed by atoms with E-state index in [0.717, 1.165) is 10.6 Å². The lowest BCUT2D eigenvalue weighted by Gasteiger charge is -2.06. The van der Waals surface area contributed by atoms with E-state index >= 15 is 0 Å². The van der Waals surface area contributed by atoms with Gasteiger partial charge in [-0.2, -0.15) is 8.78 Å². The van der Waals surface area contributed by atoms with E-state index < -0.39 is 11.7 Å². The molecule has 0 aliphatic rings. The molecule has 0 aliphatic heterocycles. The van der Waals surface area contributed by atoms with E-state index in [1.807, 2.05) is 0 Å². The van der Waals surface area contributed by atoms with Crippen LogP contribution in [0.4, 0.5) is 14.5 Å². The quantitative estimate of drug-likeness (QED) is 0.798. The van der Waals surface area contributed by atoms with Crippen molar-refractivity contribution in [3.8, 4) is 0 Å². The Kier molecular flexibility index (Phi) is 4.97. The summed E-state index contributed by atoms with van der Waals surface area (Å²) in [5.41, 5.74) is 6.50. The second-order valence-corrected chi connectivity index (χ2v) is 5.98. The van der Waals surface area contributed by atoms with Crippen LogP contribution in [0.3, 0.4) is 0 Å². The number of hydrogen-bond acceptors (Lipinski definition) is 4. The molecule has 0 radical (unpaired) electrons. The lowest BCUT2D eigenvalue weighted by atomic mass is 10.3. The Morgan fingerprint density at radius 1 is 1.35 bits per heavy atom. The molecule has 2 rings (SSSR count). The van der Waals surface area contributed by atoms with E-state index in [1.54, 1.807) is 35.7 Å². The molecule has 0 atom stereocenters. The number of carbonyl (C=O) groups is 1. The van der Waals surface area contributed by atoms with Crippen LogP contribution < -0.4 is 11.1 Å². The largest absolute Gasteiger partial charge is 0.380 e. The van der Waals surface area contributed by atoms with Crippen molar-refractivity contribution in [2.75, 3.05) is 5.32 Å². The molecule has 0 unspecified atom stereocenters. The number of anilines is 1. The first-order chi connectivity index (χ1) is 9.54. The van der Waals surface area contributed by atoms with E-state index in [-0.39, 0.29) is 0 Å². The highest BCUT2D eigenvalue weighted by molar-refractivity contribution is 7.99. The van der Waals surface area contributed by atoms with Crippen molar-refractivity contribution in [2.45, 2.75) is 17.2 Å². The van der Waals surface area contributed by atoms with Crippen LogP contribution in [0.1, 0.15) is 15.2 Å². The third-order valence-electron chi connectivity index (χ3n) is 2.48. The summed E-state index contributed by atoms with van der Waals surface area (Å²) in [7, 11) is 0. The number of nitrogens with one attached hydrogen (secondary N) is 1. The van der Waals surface area contributed by atoms with Crippen LogP contribution in [0, 0.1) is 0 Å². The summed E-state index contributed by atoms with van der Waals surface area (Å²) in [6.07, 6.45) is 0. The van der Waals surface area contributed by atoms with Crippen molar-refractivity contribution < 1.29 is 13.6 Å². The monoisotopic (exact) mass is 314 g/mol. The number of rotatable bonds is 6. The molecule has 1 amide bonds. The van der Waals surface area contributed by atoms with Gasteiger partial charge in [-0.3, -0.25) is 4.79 Å². The highest BCUT2D eigenvalue weighted by atomic mass is 32.2. The van der Waals surface area contributed by atoms with Gasteiger partial charge in [0.2, 0.25) is 5.91 Å². The van der Waals surface area contributed by atoms with E-state index in [0.29, 0.717) is 28.8 Å². The van der Waals surface area contributed by atoms with Gasteiger partial charge in [0.05, 0.1) is 5.56 Å². The molecule has 1 heterocycles. The molecule has 0 bridgehead atoms. The van der Waals surface area contributed by atoms with Gasteiger partial charge >= 0.3 is 0 Å². The third-order valence-corrected chi connectivity index (χ3v) is 4.14. The number of thiophene rings is 1. The standard InChI is InChI=1S/C13H12F2N2OS2/c14-13(15)20-10-3-1-9(2-4-10)17-6-11-5-8(7-19-11)12(16)18/h1-5,7,13,17H,6H2,(H2,16,18). The van der Waals surface area contributed by atoms with Crippen LogP contribution in [0.5, 0.6) is 0 Å². The fourth-order valence-corrected chi connectivity index (χ4v) is 2.86. The molecule has 1 aromatic heterocycles. The Morgan fingerprint density at radius 2 is 2.05 bits per heavy atom. The summed E-state index contributed by atoms with van der Waals surface area (Å²) in [6.45, 7) is 0.555. The molecule has 7 heteroatoms. The fourth-order valence-electron chi connectivity index (χ4n) is 1.55. The van der Waals surface area contributed by atoms with Gasteiger partial charge in [-0.05, 0) is 30.3 Å². The molecule has 106 valence electrons. The first kappa shape index (κ1) is 14.8. The Hall–Kier alpha value is -1.60. The van der Waals surface area contributed by atoms with Crippen molar-refractivity contribution in [3.05, 3.63) is 46.2 Å². The van der Waals surface area contributed by atoms with Crippen molar-refractivity contribution >= 4 is 34.7 Å². The zero-order valence-corrected chi connectivity index (χ0v) is 11.9. The maximum atomic E-state index is 12.2. The third kappa shape index (κ3) is 4.21. The molecule has 0 saturated carbocycles. The van der Waals surface area contributed by atoms with Crippen molar-refractivity contribution in [2.24, 2.45) is 5.73 Å². The Labute approximate surface area is 123 Å². The zero-order chi connectivity index (χ0) is 14.5. The number of primary amides is 1. The van der Waals surface area contributed by atoms with Gasteiger partial charge < -0.3 is 11.1 Å². The second kappa shape index (κ2) is 6.71. The molecule has 0 fully saturated rings. The highest BCUT2D eigenvalue weighted by Crippen LogP contribution is 2.26. The number of carbonyl (C=O) groups excluding carboxylic acids is 1. The molecule has 3 N–H and O–H groups in total. The van der Waals surface area contributed by atoms with E-state index in [9.17, 15) is 13.6 Å². The van der Waals surface area contributed by atoms with E-state index in [1.165, 1.54) is 11.3 Å². The molecular weight excluding hydrogens is 302 g/mol. The summed E-state index contributed by atoms with van der Waals surface area (Å²) < 4.78 is 24.3. The number of amides is 1. The molecule has 0 spiro atoms. The Morgan fingerprint density at radius 3 is 2.60 bits per heavy atom. The van der Waals surface area contributed by atoms with Crippen LogP contribution >= 0.6 is 23.1 Å². The number of nitrogens with two attached hydrogens (primary N) is 1. The summed E-state index contributed by atoms with van der Waals surface area (Å²) in [5, 5.41) is 4.87. The highest BCUT2D eigenvalue weighted by Gasteiger charge is 2.06. The van der Waals surface area contributed by atoms with Crippen LogP contribution in [-0.4, -0.2) is 11.7 Å². The van der Waals surface area contributed by atoms with Gasteiger partial charge in [0.1, 0.15) is 0 Å². The lowest BCUT2D eigenvalue weighted by molar-refractivity contribution is 0.100. The average Bonchev–Trinajstić information content (AvgIpc) is 2.86. The Balaban J connectivity index is 1.91. The molecular formula is C13H12F2N2OS2. The first-order valence-corrected chi connectivity index (χ1v) is 7.46. The Bertz CT molecular complexity index is 584. The number of alkyl halides is 2. The normalized spacial score (nSPS) is 10.8. The summed E-state index contributed by atoms with van der Waals surface area (Å²) in [4.78, 5) is 12.5. The van der Waals surface area contributed by atoms with Crippen molar-refractivity contribution in [1.82, 2.24) is 0 Å². The van der Waals surface area contributed by atoms with Gasteiger partial charge in [0.25, 0.3) is 5.76 Å². The number of hydrogen-bond donors (Lipinski definition) is 2. The minimum Gasteiger partial charge on any atom is -0.380 e. The smallest absolute Gasteiger partial charge is 0.288 e. The number of halogens is 2. The van der Waals surface area contributed by atoms with Crippen molar-refractivity contribution in [1.29, 1.82) is 0 Å². The van der Waals surface area contributed by atoms with E-state index in [4.69, 9.17) is 5.73 Å². The number of benzene rings is 1. The van der Waals surface area contributed by atoms with Gasteiger partial charge in [-0.15, -0.1) is 11.3 Å². The van der Waals surface area contributed by atoms with Crippen molar-refractivity contribution in [3.63, 3.8) is 0 Å². The van der Waals surface area contributed by atoms with Crippen LogP contribution in [0.25, 0.3) is 0 Å². The fraction of sp³-hybridized carbons (Fsp3) is 0.154. The minimum atomic E-state index is -2.41.